The fraction of sp³-hybridized carbons (Fsp3) is 0.385. The van der Waals surface area contributed by atoms with Gasteiger partial charge >= 0.3 is 0 Å². The first-order valence-electron chi connectivity index (χ1n) is 11.9. The van der Waals surface area contributed by atoms with Crippen molar-refractivity contribution < 1.29 is 19.2 Å². The molecule has 2 N–H and O–H groups in total. The third-order valence-electron chi connectivity index (χ3n) is 6.48. The Labute approximate surface area is 205 Å². The van der Waals surface area contributed by atoms with Crippen LogP contribution < -0.4 is 15.5 Å². The van der Waals surface area contributed by atoms with E-state index in [2.05, 4.69) is 10.6 Å². The molecule has 2 atom stereocenters. The molecule has 2 aromatic rings. The summed E-state index contributed by atoms with van der Waals surface area (Å²) in [5.41, 5.74) is 1.95. The first-order valence-corrected chi connectivity index (χ1v) is 11.9. The van der Waals surface area contributed by atoms with Crippen LogP contribution in [0, 0.1) is 0 Å². The van der Waals surface area contributed by atoms with Crippen molar-refractivity contribution in [1.82, 2.24) is 20.4 Å². The second-order valence-corrected chi connectivity index (χ2v) is 9.07. The summed E-state index contributed by atoms with van der Waals surface area (Å²) in [5, 5.41) is 5.57. The number of carbonyl (C=O) groups excluding carboxylic acids is 4. The number of hydrogen-bond acceptors (Lipinski definition) is 5. The predicted molar refractivity (Wildman–Crippen MR) is 132 cm³/mol. The molecule has 2 unspecified atom stereocenters. The average molecular weight is 478 g/mol. The van der Waals surface area contributed by atoms with Gasteiger partial charge in [-0.3, -0.25) is 19.2 Å². The molecule has 2 aliphatic heterocycles. The van der Waals surface area contributed by atoms with Crippen LogP contribution in [0.2, 0.25) is 0 Å². The van der Waals surface area contributed by atoms with Crippen LogP contribution in [0.5, 0.6) is 0 Å². The molecule has 2 aromatic carbocycles. The van der Waals surface area contributed by atoms with Gasteiger partial charge < -0.3 is 25.3 Å². The van der Waals surface area contributed by atoms with Crippen molar-refractivity contribution in [3.05, 3.63) is 65.7 Å². The summed E-state index contributed by atoms with van der Waals surface area (Å²) >= 11 is 0. The number of rotatable bonds is 5. The summed E-state index contributed by atoms with van der Waals surface area (Å²) in [7, 11) is 3.84. The van der Waals surface area contributed by atoms with Crippen molar-refractivity contribution in [2.24, 2.45) is 0 Å². The molecule has 4 amide bonds. The SMILES string of the molecule is CN(C)c1ccc(C(=O)N2CCN(C(=O)c3ccccc3)CC2C(=O)NC2CCCNC2=O)cc1. The van der Waals surface area contributed by atoms with Gasteiger partial charge in [-0.15, -0.1) is 0 Å². The molecule has 0 bridgehead atoms. The summed E-state index contributed by atoms with van der Waals surface area (Å²) in [6.07, 6.45) is 1.30. The molecule has 2 aliphatic rings. The predicted octanol–water partition coefficient (Wildman–Crippen LogP) is 1.11. The van der Waals surface area contributed by atoms with Crippen LogP contribution in [0.15, 0.2) is 54.6 Å². The summed E-state index contributed by atoms with van der Waals surface area (Å²) in [6.45, 7) is 1.15. The molecular weight excluding hydrogens is 446 g/mol. The lowest BCUT2D eigenvalue weighted by atomic mass is 10.0. The van der Waals surface area contributed by atoms with E-state index in [1.165, 1.54) is 4.90 Å². The van der Waals surface area contributed by atoms with Crippen LogP contribution in [-0.4, -0.2) is 85.8 Å². The van der Waals surface area contributed by atoms with E-state index >= 15 is 0 Å². The van der Waals surface area contributed by atoms with Gasteiger partial charge in [-0.2, -0.15) is 0 Å². The minimum absolute atomic E-state index is 0.0510. The lowest BCUT2D eigenvalue weighted by Gasteiger charge is -2.41. The molecule has 0 aromatic heterocycles. The highest BCUT2D eigenvalue weighted by Crippen LogP contribution is 2.20. The summed E-state index contributed by atoms with van der Waals surface area (Å²) < 4.78 is 0. The van der Waals surface area contributed by atoms with E-state index in [-0.39, 0.29) is 30.8 Å². The number of hydrogen-bond donors (Lipinski definition) is 2. The molecule has 184 valence electrons. The second kappa shape index (κ2) is 10.6. The average Bonchev–Trinajstić information content (AvgIpc) is 2.89. The third-order valence-corrected chi connectivity index (χ3v) is 6.48. The van der Waals surface area contributed by atoms with E-state index in [1.54, 1.807) is 41.3 Å². The number of nitrogens with one attached hydrogen (secondary N) is 2. The van der Waals surface area contributed by atoms with Crippen LogP contribution in [0.1, 0.15) is 33.6 Å². The van der Waals surface area contributed by atoms with Gasteiger partial charge in [-0.1, -0.05) is 18.2 Å². The molecule has 9 heteroatoms. The Morgan fingerprint density at radius 3 is 2.29 bits per heavy atom. The molecule has 35 heavy (non-hydrogen) atoms. The Kier molecular flexibility index (Phi) is 7.33. The highest BCUT2D eigenvalue weighted by molar-refractivity contribution is 6.00. The van der Waals surface area contributed by atoms with Gasteiger partial charge in [0.2, 0.25) is 11.8 Å². The minimum atomic E-state index is -0.910. The molecule has 4 rings (SSSR count). The summed E-state index contributed by atoms with van der Waals surface area (Å²) in [5.74, 6) is -1.14. The molecule has 2 heterocycles. The van der Waals surface area contributed by atoms with Crippen LogP contribution in [0.4, 0.5) is 5.69 Å². The maximum Gasteiger partial charge on any atom is 0.254 e. The molecule has 9 nitrogen and oxygen atoms in total. The number of piperazine rings is 1. The molecule has 2 saturated heterocycles. The van der Waals surface area contributed by atoms with Crippen LogP contribution in [-0.2, 0) is 9.59 Å². The Morgan fingerprint density at radius 2 is 1.63 bits per heavy atom. The van der Waals surface area contributed by atoms with Gasteiger partial charge in [0, 0.05) is 50.5 Å². The molecular formula is C26H31N5O4. The molecule has 0 spiro atoms. The Hall–Kier alpha value is -3.88. The molecule has 0 saturated carbocycles. The summed E-state index contributed by atoms with van der Waals surface area (Å²) in [6, 6.07) is 14.5. The number of carbonyl (C=O) groups is 4. The van der Waals surface area contributed by atoms with E-state index in [1.807, 2.05) is 37.2 Å². The zero-order chi connectivity index (χ0) is 24.9. The normalized spacial score (nSPS) is 20.1. The highest BCUT2D eigenvalue weighted by Gasteiger charge is 2.39. The fourth-order valence-electron chi connectivity index (χ4n) is 4.44. The number of piperidine rings is 1. The van der Waals surface area contributed by atoms with Crippen LogP contribution in [0.25, 0.3) is 0 Å². The summed E-state index contributed by atoms with van der Waals surface area (Å²) in [4.78, 5) is 57.2. The lowest BCUT2D eigenvalue weighted by Crippen LogP contribution is -2.63. The van der Waals surface area contributed by atoms with Gasteiger partial charge in [-0.05, 0) is 49.2 Å². The van der Waals surface area contributed by atoms with Crippen molar-refractivity contribution >= 4 is 29.3 Å². The van der Waals surface area contributed by atoms with Crippen LogP contribution in [0.3, 0.4) is 0 Å². The topological polar surface area (TPSA) is 102 Å². The Morgan fingerprint density at radius 1 is 0.943 bits per heavy atom. The van der Waals surface area contributed by atoms with Crippen molar-refractivity contribution in [1.29, 1.82) is 0 Å². The number of nitrogens with zero attached hydrogens (tertiary/aromatic N) is 3. The quantitative estimate of drug-likeness (QED) is 0.672. The first-order chi connectivity index (χ1) is 16.8. The second-order valence-electron chi connectivity index (χ2n) is 9.07. The Balaban J connectivity index is 1.56. The number of amides is 4. The van der Waals surface area contributed by atoms with E-state index < -0.39 is 18.0 Å². The standard InChI is InChI=1S/C26H31N5O4/c1-29(2)20-12-10-19(11-13-20)26(35)31-16-15-30(25(34)18-7-4-3-5-8-18)17-22(31)24(33)28-21-9-6-14-27-23(21)32/h3-5,7-8,10-13,21-22H,6,9,14-17H2,1-2H3,(H,27,32)(H,28,33). The van der Waals surface area contributed by atoms with Gasteiger partial charge in [0.05, 0.1) is 6.54 Å². The van der Waals surface area contributed by atoms with Crippen LogP contribution >= 0.6 is 0 Å². The van der Waals surface area contributed by atoms with Gasteiger partial charge in [0.25, 0.3) is 11.8 Å². The van der Waals surface area contributed by atoms with Gasteiger partial charge in [-0.25, -0.2) is 0 Å². The zero-order valence-electron chi connectivity index (χ0n) is 20.1. The van der Waals surface area contributed by atoms with Gasteiger partial charge in [0.15, 0.2) is 0 Å². The number of anilines is 1. The first kappa shape index (κ1) is 24.3. The smallest absolute Gasteiger partial charge is 0.254 e. The fourth-order valence-corrected chi connectivity index (χ4v) is 4.44. The molecule has 0 radical (unpaired) electrons. The zero-order valence-corrected chi connectivity index (χ0v) is 20.1. The van der Waals surface area contributed by atoms with E-state index in [0.717, 1.165) is 12.1 Å². The van der Waals surface area contributed by atoms with Crippen molar-refractivity contribution in [2.75, 3.05) is 45.2 Å². The van der Waals surface area contributed by atoms with E-state index in [4.69, 9.17) is 0 Å². The highest BCUT2D eigenvalue weighted by atomic mass is 16.2. The van der Waals surface area contributed by atoms with Crippen molar-refractivity contribution in [3.8, 4) is 0 Å². The third kappa shape index (κ3) is 5.45. The van der Waals surface area contributed by atoms with Crippen molar-refractivity contribution in [2.45, 2.75) is 24.9 Å². The minimum Gasteiger partial charge on any atom is -0.378 e. The number of benzene rings is 2. The largest absolute Gasteiger partial charge is 0.378 e. The van der Waals surface area contributed by atoms with Gasteiger partial charge in [0.1, 0.15) is 12.1 Å². The Bertz CT molecular complexity index is 1090. The maximum absolute atomic E-state index is 13.4. The molecule has 0 aliphatic carbocycles. The van der Waals surface area contributed by atoms with E-state index in [9.17, 15) is 19.2 Å². The molecule has 2 fully saturated rings. The van der Waals surface area contributed by atoms with E-state index in [0.29, 0.717) is 30.6 Å². The lowest BCUT2D eigenvalue weighted by molar-refractivity contribution is -0.133. The van der Waals surface area contributed by atoms with Crippen molar-refractivity contribution in [3.63, 3.8) is 0 Å². The monoisotopic (exact) mass is 477 g/mol. The maximum atomic E-state index is 13.4.